The molecule has 0 fully saturated rings. The first kappa shape index (κ1) is 10.7. The molecule has 0 aromatic carbocycles. The quantitative estimate of drug-likeness (QED) is 0.548. The molecule has 0 rings (SSSR count). The Hall–Kier alpha value is -0.330. The van der Waals surface area contributed by atoms with Gasteiger partial charge in [0.15, 0.2) is 0 Å². The summed E-state index contributed by atoms with van der Waals surface area (Å²) in [6.07, 6.45) is 4.47. The molecule has 0 aliphatic heterocycles. The van der Waals surface area contributed by atoms with Crippen LogP contribution in [0.15, 0.2) is 12.2 Å². The molecule has 0 aromatic rings. The van der Waals surface area contributed by atoms with E-state index >= 15 is 0 Å². The van der Waals surface area contributed by atoms with Crippen molar-refractivity contribution in [1.82, 2.24) is 0 Å². The minimum absolute atomic E-state index is 0.0593. The fourth-order valence-electron chi connectivity index (χ4n) is 0.654. The van der Waals surface area contributed by atoms with Crippen LogP contribution in [0.1, 0.15) is 34.1 Å². The zero-order valence-corrected chi connectivity index (χ0v) is 7.97. The molecule has 0 saturated heterocycles. The minimum atomic E-state index is -0.727. The number of alkyl halides is 1. The fraction of sp³-hybridized carbons (Fsp3) is 0.800. The molecule has 1 heteroatoms. The molecular formula is C10H19F. The van der Waals surface area contributed by atoms with Gasteiger partial charge in [-0.25, -0.2) is 4.39 Å². The third kappa shape index (κ3) is 5.00. The van der Waals surface area contributed by atoms with Crippen molar-refractivity contribution in [3.63, 3.8) is 0 Å². The lowest BCUT2D eigenvalue weighted by molar-refractivity contribution is 0.300. The third-order valence-electron chi connectivity index (χ3n) is 2.11. The number of rotatable bonds is 4. The molecule has 0 nitrogen and oxygen atoms in total. The third-order valence-corrected chi connectivity index (χ3v) is 2.11. The number of hydrogen-bond donors (Lipinski definition) is 0. The van der Waals surface area contributed by atoms with Gasteiger partial charge in [-0.15, -0.1) is 0 Å². The first-order valence-electron chi connectivity index (χ1n) is 4.40. The first-order chi connectivity index (χ1) is 5.07. The van der Waals surface area contributed by atoms with E-state index < -0.39 is 6.17 Å². The van der Waals surface area contributed by atoms with Gasteiger partial charge in [0.2, 0.25) is 0 Å². The van der Waals surface area contributed by atoms with Crippen LogP contribution in [-0.2, 0) is 0 Å². The summed E-state index contributed by atoms with van der Waals surface area (Å²) in [5.41, 5.74) is 0. The normalized spacial score (nSPS) is 20.1. The molecule has 0 bridgehead atoms. The van der Waals surface area contributed by atoms with E-state index in [4.69, 9.17) is 0 Å². The molecule has 3 atom stereocenters. The first-order valence-corrected chi connectivity index (χ1v) is 4.40. The molecule has 0 aliphatic carbocycles. The molecule has 0 aliphatic rings. The van der Waals surface area contributed by atoms with Gasteiger partial charge in [0.25, 0.3) is 0 Å². The maximum atomic E-state index is 12.6. The highest BCUT2D eigenvalue weighted by molar-refractivity contribution is 4.91. The number of halogens is 1. The summed E-state index contributed by atoms with van der Waals surface area (Å²) in [6.45, 7) is 7.79. The van der Waals surface area contributed by atoms with Crippen LogP contribution in [0, 0.1) is 11.8 Å². The highest BCUT2D eigenvalue weighted by atomic mass is 19.1. The van der Waals surface area contributed by atoms with Crippen LogP contribution in [-0.4, -0.2) is 6.17 Å². The topological polar surface area (TPSA) is 0 Å². The second-order valence-corrected chi connectivity index (χ2v) is 3.31. The lowest BCUT2D eigenvalue weighted by Crippen LogP contribution is -2.04. The van der Waals surface area contributed by atoms with Crippen molar-refractivity contribution < 1.29 is 4.39 Å². The van der Waals surface area contributed by atoms with E-state index in [-0.39, 0.29) is 5.92 Å². The smallest absolute Gasteiger partial charge is 0.103 e. The van der Waals surface area contributed by atoms with Crippen LogP contribution < -0.4 is 0 Å². The van der Waals surface area contributed by atoms with Crippen molar-refractivity contribution in [3.8, 4) is 0 Å². The second kappa shape index (κ2) is 5.34. The summed E-state index contributed by atoms with van der Waals surface area (Å²) < 4.78 is 12.6. The highest BCUT2D eigenvalue weighted by Gasteiger charge is 2.05. The molecule has 66 valence electrons. The maximum absolute atomic E-state index is 12.6. The zero-order valence-electron chi connectivity index (χ0n) is 7.97. The van der Waals surface area contributed by atoms with Gasteiger partial charge in [-0.3, -0.25) is 0 Å². The van der Waals surface area contributed by atoms with Gasteiger partial charge in [-0.1, -0.05) is 39.3 Å². The molecule has 0 amide bonds. The largest absolute Gasteiger partial charge is 0.247 e. The van der Waals surface area contributed by atoms with Crippen molar-refractivity contribution in [2.45, 2.75) is 40.3 Å². The van der Waals surface area contributed by atoms with Gasteiger partial charge < -0.3 is 0 Å². The van der Waals surface area contributed by atoms with Gasteiger partial charge in [0.05, 0.1) is 0 Å². The molecule has 0 aromatic heterocycles. The van der Waals surface area contributed by atoms with Gasteiger partial charge >= 0.3 is 0 Å². The molecule has 0 heterocycles. The van der Waals surface area contributed by atoms with Crippen LogP contribution >= 0.6 is 0 Å². The molecule has 11 heavy (non-hydrogen) atoms. The van der Waals surface area contributed by atoms with Crippen LogP contribution in [0.5, 0.6) is 0 Å². The van der Waals surface area contributed by atoms with Gasteiger partial charge in [-0.05, 0) is 12.8 Å². The minimum Gasteiger partial charge on any atom is -0.247 e. The summed E-state index contributed by atoms with van der Waals surface area (Å²) in [6, 6.07) is 0. The summed E-state index contributed by atoms with van der Waals surface area (Å²) in [5, 5.41) is 0. The van der Waals surface area contributed by atoms with E-state index in [2.05, 4.69) is 19.9 Å². The van der Waals surface area contributed by atoms with E-state index in [1.165, 1.54) is 0 Å². The Morgan fingerprint density at radius 2 is 1.73 bits per heavy atom. The number of allylic oxidation sites excluding steroid dienone is 2. The molecule has 0 saturated carbocycles. The number of hydrogen-bond acceptors (Lipinski definition) is 0. The van der Waals surface area contributed by atoms with Crippen molar-refractivity contribution >= 4 is 0 Å². The van der Waals surface area contributed by atoms with Crippen LogP contribution in [0.2, 0.25) is 0 Å². The fourth-order valence-corrected chi connectivity index (χ4v) is 0.654. The summed E-state index contributed by atoms with van der Waals surface area (Å²) in [4.78, 5) is 0. The van der Waals surface area contributed by atoms with Crippen molar-refractivity contribution in [2.75, 3.05) is 0 Å². The molecular weight excluding hydrogens is 139 g/mol. The SMILES string of the molecule is CCC(C)/C=C/C(C)[C@@H](C)F. The lowest BCUT2D eigenvalue weighted by atomic mass is 10.0. The molecule has 0 spiro atoms. The Morgan fingerprint density at radius 1 is 1.18 bits per heavy atom. The Balaban J connectivity index is 3.72. The Kier molecular flexibility index (Phi) is 5.18. The molecule has 0 N–H and O–H groups in total. The average molecular weight is 158 g/mol. The van der Waals surface area contributed by atoms with E-state index in [0.29, 0.717) is 5.92 Å². The van der Waals surface area contributed by atoms with Crippen LogP contribution in [0.3, 0.4) is 0 Å². The second-order valence-electron chi connectivity index (χ2n) is 3.31. The van der Waals surface area contributed by atoms with Crippen LogP contribution in [0.25, 0.3) is 0 Å². The van der Waals surface area contributed by atoms with E-state index in [1.54, 1.807) is 6.92 Å². The van der Waals surface area contributed by atoms with Gasteiger partial charge in [0, 0.05) is 5.92 Å². The summed E-state index contributed by atoms with van der Waals surface area (Å²) in [7, 11) is 0. The molecule has 0 radical (unpaired) electrons. The predicted octanol–water partition coefficient (Wildman–Crippen LogP) is 3.58. The van der Waals surface area contributed by atoms with E-state index in [9.17, 15) is 4.39 Å². The van der Waals surface area contributed by atoms with Crippen molar-refractivity contribution in [2.24, 2.45) is 11.8 Å². The van der Waals surface area contributed by atoms with E-state index in [1.807, 2.05) is 13.0 Å². The maximum Gasteiger partial charge on any atom is 0.103 e. The summed E-state index contributed by atoms with van der Waals surface area (Å²) >= 11 is 0. The monoisotopic (exact) mass is 158 g/mol. The van der Waals surface area contributed by atoms with Gasteiger partial charge in [0.1, 0.15) is 6.17 Å². The Labute approximate surface area is 69.5 Å². The van der Waals surface area contributed by atoms with Crippen LogP contribution in [0.4, 0.5) is 4.39 Å². The van der Waals surface area contributed by atoms with Crippen molar-refractivity contribution in [3.05, 3.63) is 12.2 Å². The van der Waals surface area contributed by atoms with Gasteiger partial charge in [-0.2, -0.15) is 0 Å². The highest BCUT2D eigenvalue weighted by Crippen LogP contribution is 2.10. The molecule has 2 unspecified atom stereocenters. The summed E-state index contributed by atoms with van der Waals surface area (Å²) in [5.74, 6) is 0.639. The van der Waals surface area contributed by atoms with Crippen molar-refractivity contribution in [1.29, 1.82) is 0 Å². The Morgan fingerprint density at radius 3 is 2.09 bits per heavy atom. The standard InChI is InChI=1S/C10H19F/c1-5-8(2)6-7-9(3)10(4)11/h6-10H,5H2,1-4H3/b7-6+/t8?,9?,10-/m1/s1. The predicted molar refractivity (Wildman–Crippen MR) is 48.3 cm³/mol. The zero-order chi connectivity index (χ0) is 8.85. The average Bonchev–Trinajstić information content (AvgIpc) is 1.99. The lowest BCUT2D eigenvalue weighted by Gasteiger charge is -2.07. The van der Waals surface area contributed by atoms with E-state index in [0.717, 1.165) is 6.42 Å². The Bertz CT molecular complexity index is 116.